The minimum Gasteiger partial charge on any atom is -0.299 e. The largest absolute Gasteiger partial charge is 0.299 e. The summed E-state index contributed by atoms with van der Waals surface area (Å²) in [4.78, 5) is 34.6. The molecule has 30 heavy (non-hydrogen) atoms. The Labute approximate surface area is 177 Å². The number of aromatic nitrogens is 1. The second-order valence-electron chi connectivity index (χ2n) is 7.62. The molecule has 4 rings (SSSR count). The number of likely N-dealkylation sites (tertiary alicyclic amines) is 1. The van der Waals surface area contributed by atoms with Gasteiger partial charge in [0.05, 0.1) is 0 Å². The molecule has 1 saturated heterocycles. The summed E-state index contributed by atoms with van der Waals surface area (Å²) in [7, 11) is 2.13. The van der Waals surface area contributed by atoms with Crippen LogP contribution in [0.5, 0.6) is 0 Å². The third kappa shape index (κ3) is 4.16. The van der Waals surface area contributed by atoms with Gasteiger partial charge >= 0.3 is 0 Å². The van der Waals surface area contributed by atoms with Gasteiger partial charge in [0.2, 0.25) is 0 Å². The average Bonchev–Trinajstić information content (AvgIpc) is 2.81. The fraction of sp³-hybridized carbons (Fsp3) is 0.240. The van der Waals surface area contributed by atoms with Gasteiger partial charge in [-0.3, -0.25) is 14.5 Å². The number of rotatable bonds is 4. The van der Waals surface area contributed by atoms with Crippen LogP contribution in [0.3, 0.4) is 0 Å². The number of carbonyl (C=O) groups is 2. The predicted molar refractivity (Wildman–Crippen MR) is 117 cm³/mol. The number of pyridine rings is 1. The van der Waals surface area contributed by atoms with Crippen LogP contribution in [0.4, 0.5) is 5.82 Å². The summed E-state index contributed by atoms with van der Waals surface area (Å²) in [5, 5.41) is 0. The van der Waals surface area contributed by atoms with Crippen LogP contribution in [-0.2, 0) is 0 Å². The summed E-state index contributed by atoms with van der Waals surface area (Å²) in [6, 6.07) is 21.7. The average molecular weight is 399 g/mol. The fourth-order valence-electron chi connectivity index (χ4n) is 3.94. The second-order valence-corrected chi connectivity index (χ2v) is 7.62. The quantitative estimate of drug-likeness (QED) is 0.596. The van der Waals surface area contributed by atoms with Crippen molar-refractivity contribution in [2.45, 2.75) is 25.3 Å². The highest BCUT2D eigenvalue weighted by atomic mass is 16.2. The Balaban J connectivity index is 1.68. The Bertz CT molecular complexity index is 952. The van der Waals surface area contributed by atoms with Crippen molar-refractivity contribution in [1.29, 1.82) is 0 Å². The first kappa shape index (κ1) is 20.0. The summed E-state index contributed by atoms with van der Waals surface area (Å²) < 4.78 is 0. The van der Waals surface area contributed by atoms with Crippen LogP contribution in [0, 0.1) is 0 Å². The first-order valence-corrected chi connectivity index (χ1v) is 10.3. The van der Waals surface area contributed by atoms with E-state index in [2.05, 4.69) is 16.9 Å². The van der Waals surface area contributed by atoms with Crippen molar-refractivity contribution < 1.29 is 9.59 Å². The molecule has 1 unspecified atom stereocenters. The van der Waals surface area contributed by atoms with Gasteiger partial charge in [-0.2, -0.15) is 0 Å². The van der Waals surface area contributed by atoms with Crippen LogP contribution in [0.15, 0.2) is 79.0 Å². The molecular weight excluding hydrogens is 374 g/mol. The predicted octanol–water partition coefficient (Wildman–Crippen LogP) is 4.73. The number of anilines is 1. The zero-order valence-electron chi connectivity index (χ0n) is 17.1. The molecule has 5 nitrogen and oxygen atoms in total. The highest BCUT2D eigenvalue weighted by Gasteiger charge is 2.28. The topological polar surface area (TPSA) is 53.5 Å². The van der Waals surface area contributed by atoms with Crippen LogP contribution in [0.1, 0.15) is 51.6 Å². The number of hydrogen-bond acceptors (Lipinski definition) is 4. The lowest BCUT2D eigenvalue weighted by Crippen LogP contribution is -2.37. The van der Waals surface area contributed by atoms with Gasteiger partial charge in [-0.15, -0.1) is 0 Å². The summed E-state index contributed by atoms with van der Waals surface area (Å²) in [5.41, 5.74) is 2.00. The van der Waals surface area contributed by atoms with E-state index in [1.807, 2.05) is 18.2 Å². The maximum absolute atomic E-state index is 13.3. The van der Waals surface area contributed by atoms with Crippen molar-refractivity contribution in [3.63, 3.8) is 0 Å². The Morgan fingerprint density at radius 2 is 1.47 bits per heavy atom. The first-order chi connectivity index (χ1) is 14.6. The van der Waals surface area contributed by atoms with Gasteiger partial charge in [0.15, 0.2) is 0 Å². The normalized spacial score (nSPS) is 16.8. The number of hydrogen-bond donors (Lipinski definition) is 0. The maximum atomic E-state index is 13.3. The molecule has 1 atom stereocenters. The number of piperidine rings is 1. The van der Waals surface area contributed by atoms with E-state index in [0.717, 1.165) is 18.5 Å². The Kier molecular flexibility index (Phi) is 6.00. The fourth-order valence-corrected chi connectivity index (χ4v) is 3.94. The summed E-state index contributed by atoms with van der Waals surface area (Å²) in [6.07, 6.45) is 5.30. The summed E-state index contributed by atoms with van der Waals surface area (Å²) >= 11 is 0. The second kappa shape index (κ2) is 9.01. The molecule has 0 N–H and O–H groups in total. The molecule has 0 aliphatic carbocycles. The maximum Gasteiger partial charge on any atom is 0.266 e. The zero-order chi connectivity index (χ0) is 20.9. The van der Waals surface area contributed by atoms with Gasteiger partial charge in [0.1, 0.15) is 5.82 Å². The molecule has 0 saturated carbocycles. The Hall–Kier alpha value is -3.31. The van der Waals surface area contributed by atoms with Crippen molar-refractivity contribution in [3.8, 4) is 0 Å². The first-order valence-electron chi connectivity index (χ1n) is 10.3. The summed E-state index contributed by atoms with van der Waals surface area (Å²) in [6.45, 7) is 1.07. The van der Waals surface area contributed by atoms with Crippen molar-refractivity contribution >= 4 is 17.6 Å². The van der Waals surface area contributed by atoms with Crippen molar-refractivity contribution in [3.05, 3.63) is 95.7 Å². The molecule has 3 aromatic rings. The minimum absolute atomic E-state index is 0.323. The molecule has 1 fully saturated rings. The number of imide groups is 1. The van der Waals surface area contributed by atoms with Gasteiger partial charge in [0.25, 0.3) is 11.8 Å². The van der Waals surface area contributed by atoms with Gasteiger partial charge in [0, 0.05) is 23.4 Å². The van der Waals surface area contributed by atoms with Gasteiger partial charge in [-0.25, -0.2) is 9.88 Å². The van der Waals surface area contributed by atoms with E-state index in [-0.39, 0.29) is 11.8 Å². The van der Waals surface area contributed by atoms with E-state index in [0.29, 0.717) is 23.0 Å². The van der Waals surface area contributed by atoms with E-state index >= 15 is 0 Å². The van der Waals surface area contributed by atoms with Crippen molar-refractivity contribution in [2.24, 2.45) is 0 Å². The van der Waals surface area contributed by atoms with Crippen LogP contribution in [0.25, 0.3) is 0 Å². The van der Waals surface area contributed by atoms with E-state index in [1.165, 1.54) is 17.7 Å². The number of nitrogens with zero attached hydrogens (tertiary/aromatic N) is 3. The van der Waals surface area contributed by atoms with E-state index in [9.17, 15) is 9.59 Å². The van der Waals surface area contributed by atoms with Crippen LogP contribution >= 0.6 is 0 Å². The summed E-state index contributed by atoms with van der Waals surface area (Å²) in [5.74, 6) is -0.445. The molecule has 0 radical (unpaired) electrons. The Morgan fingerprint density at radius 3 is 1.97 bits per heavy atom. The molecule has 0 spiro atoms. The SMILES string of the molecule is CN1CCCCC1c1ccc(N(C(=O)c2ccccc2)C(=O)c2ccccc2)nc1. The lowest BCUT2D eigenvalue weighted by molar-refractivity contribution is 0.0896. The molecule has 152 valence electrons. The van der Waals surface area contributed by atoms with Crippen molar-refractivity contribution in [2.75, 3.05) is 18.5 Å². The van der Waals surface area contributed by atoms with E-state index in [1.54, 1.807) is 60.8 Å². The molecule has 1 aromatic heterocycles. The van der Waals surface area contributed by atoms with Gasteiger partial charge in [-0.1, -0.05) is 48.9 Å². The molecule has 1 aliphatic rings. The molecule has 5 heteroatoms. The van der Waals surface area contributed by atoms with E-state index < -0.39 is 0 Å². The number of amides is 2. The third-order valence-electron chi connectivity index (χ3n) is 5.60. The smallest absolute Gasteiger partial charge is 0.266 e. The molecule has 0 bridgehead atoms. The molecule has 2 amide bonds. The third-order valence-corrected chi connectivity index (χ3v) is 5.60. The lowest BCUT2D eigenvalue weighted by atomic mass is 9.97. The van der Waals surface area contributed by atoms with Crippen LogP contribution in [-0.4, -0.2) is 35.3 Å². The molecule has 2 aromatic carbocycles. The van der Waals surface area contributed by atoms with Crippen LogP contribution < -0.4 is 4.90 Å². The lowest BCUT2D eigenvalue weighted by Gasteiger charge is -2.32. The van der Waals surface area contributed by atoms with Crippen LogP contribution in [0.2, 0.25) is 0 Å². The highest BCUT2D eigenvalue weighted by molar-refractivity contribution is 6.25. The highest BCUT2D eigenvalue weighted by Crippen LogP contribution is 2.30. The monoisotopic (exact) mass is 399 g/mol. The Morgan fingerprint density at radius 1 is 0.867 bits per heavy atom. The number of carbonyl (C=O) groups excluding carboxylic acids is 2. The molecule has 2 heterocycles. The number of benzene rings is 2. The molecular formula is C25H25N3O2. The van der Waals surface area contributed by atoms with E-state index in [4.69, 9.17) is 0 Å². The molecule has 1 aliphatic heterocycles. The van der Waals surface area contributed by atoms with Gasteiger partial charge in [-0.05, 0) is 62.3 Å². The zero-order valence-corrected chi connectivity index (χ0v) is 17.1. The van der Waals surface area contributed by atoms with Crippen molar-refractivity contribution in [1.82, 2.24) is 9.88 Å². The van der Waals surface area contributed by atoms with Gasteiger partial charge < -0.3 is 0 Å². The minimum atomic E-state index is -0.389. The standard InChI is InChI=1S/C25H25N3O2/c1-27-17-9-8-14-22(27)21-15-16-23(26-18-21)28(24(29)19-10-4-2-5-11-19)25(30)20-12-6-3-7-13-20/h2-7,10-13,15-16,18,22H,8-9,14,17H2,1H3.